The lowest BCUT2D eigenvalue weighted by molar-refractivity contribution is -0.869. The summed E-state index contributed by atoms with van der Waals surface area (Å²) in [7, 11) is 10.8. The second-order valence-electron chi connectivity index (χ2n) is 3.82. The molecule has 0 spiro atoms. The molecule has 0 saturated carbocycles. The Morgan fingerprint density at radius 1 is 1.11 bits per heavy atom. The molecule has 0 aliphatic rings. The molecule has 0 rings (SSSR count). The molecule has 2 nitrogen and oxygen atoms in total. The maximum atomic E-state index is 2.21. The van der Waals surface area contributed by atoms with Crippen LogP contribution in [0.3, 0.4) is 0 Å². The van der Waals surface area contributed by atoms with Crippen molar-refractivity contribution in [2.45, 2.75) is 0 Å². The van der Waals surface area contributed by atoms with Crippen LogP contribution in [0.1, 0.15) is 0 Å². The minimum atomic E-state index is 1.05. The van der Waals surface area contributed by atoms with Gasteiger partial charge in [0.15, 0.2) is 6.54 Å². The van der Waals surface area contributed by atoms with Crippen LogP contribution in [0, 0.1) is 0 Å². The van der Waals surface area contributed by atoms with Crippen molar-refractivity contribution in [3.05, 3.63) is 0 Å². The van der Waals surface area contributed by atoms with E-state index in [2.05, 4.69) is 40.1 Å². The van der Waals surface area contributed by atoms with Crippen molar-refractivity contribution in [2.24, 2.45) is 0 Å². The molecule has 0 unspecified atom stereocenters. The van der Waals surface area contributed by atoms with Gasteiger partial charge in [-0.2, -0.15) is 4.90 Å². The van der Waals surface area contributed by atoms with Gasteiger partial charge in [-0.25, -0.2) is 0 Å². The summed E-state index contributed by atoms with van der Waals surface area (Å²) in [6, 6.07) is 0. The van der Waals surface area contributed by atoms with Crippen LogP contribution >= 0.6 is 0 Å². The lowest BCUT2D eigenvalue weighted by atomic mass is 10.5. The standard InChI is InChI=1S/C7H19N2/c1-8(2)6-7-9(3,4)5/h6-7H2,1-5H3/q+2. The molecule has 0 aromatic rings. The third-order valence-electron chi connectivity index (χ3n) is 1.22. The fraction of sp³-hybridized carbons (Fsp3) is 1.00. The van der Waals surface area contributed by atoms with Gasteiger partial charge in [0.1, 0.15) is 20.6 Å². The van der Waals surface area contributed by atoms with Crippen molar-refractivity contribution >= 4 is 0 Å². The smallest absolute Gasteiger partial charge is 0.171 e. The number of nitrogens with zero attached hydrogens (tertiary/aromatic N) is 2. The van der Waals surface area contributed by atoms with Gasteiger partial charge in [-0.1, -0.05) is 0 Å². The molecular formula is C7H19N2+2. The zero-order chi connectivity index (χ0) is 7.49. The highest BCUT2D eigenvalue weighted by molar-refractivity contribution is 4.44. The highest BCUT2D eigenvalue weighted by atomic mass is 15.3. The highest BCUT2D eigenvalue weighted by Gasteiger charge is 2.10. The Hall–Kier alpha value is -0.0800. The summed E-state index contributed by atoms with van der Waals surface area (Å²) in [5, 5.41) is 0. The Morgan fingerprint density at radius 2 is 1.56 bits per heavy atom. The predicted molar refractivity (Wildman–Crippen MR) is 41.7 cm³/mol. The average Bonchev–Trinajstić information content (AvgIpc) is 1.59. The minimum Gasteiger partial charge on any atom is -0.326 e. The molecule has 0 bridgehead atoms. The largest absolute Gasteiger partial charge is 0.326 e. The molecule has 0 saturated heterocycles. The molecule has 0 aliphatic carbocycles. The first-order chi connectivity index (χ1) is 3.92. The predicted octanol–water partition coefficient (Wildman–Crippen LogP) is 0.0923. The second-order valence-corrected chi connectivity index (χ2v) is 3.82. The van der Waals surface area contributed by atoms with E-state index < -0.39 is 0 Å². The molecule has 0 aromatic heterocycles. The van der Waals surface area contributed by atoms with E-state index in [9.17, 15) is 0 Å². The Kier molecular flexibility index (Phi) is 3.15. The fourth-order valence-electron chi connectivity index (χ4n) is 0.500. The van der Waals surface area contributed by atoms with Gasteiger partial charge in [0.2, 0.25) is 0 Å². The quantitative estimate of drug-likeness (QED) is 0.378. The topological polar surface area (TPSA) is 5.90 Å². The van der Waals surface area contributed by atoms with E-state index in [-0.39, 0.29) is 0 Å². The summed E-state index contributed by atoms with van der Waals surface area (Å²) in [5.41, 5.74) is 0. The Bertz CT molecular complexity index is 71.5. The van der Waals surface area contributed by atoms with E-state index in [0.717, 1.165) is 4.48 Å². The molecule has 0 heterocycles. The molecule has 1 radical (unpaired) electrons. The molecule has 0 aliphatic heterocycles. The SMILES string of the molecule is C[N+](C)CC[N+](C)(C)C. The van der Waals surface area contributed by atoms with Crippen LogP contribution in [0.25, 0.3) is 0 Å². The van der Waals surface area contributed by atoms with Gasteiger partial charge >= 0.3 is 0 Å². The molecule has 55 valence electrons. The molecule has 0 aromatic carbocycles. The third-order valence-corrected chi connectivity index (χ3v) is 1.22. The van der Waals surface area contributed by atoms with Gasteiger partial charge < -0.3 is 4.48 Å². The molecule has 2 heteroatoms. The minimum absolute atomic E-state index is 1.05. The number of likely N-dealkylation sites (N-methyl/N-ethyl adjacent to an activating group) is 2. The van der Waals surface area contributed by atoms with Crippen molar-refractivity contribution < 1.29 is 4.48 Å². The van der Waals surface area contributed by atoms with E-state index in [1.807, 2.05) is 0 Å². The van der Waals surface area contributed by atoms with E-state index in [1.54, 1.807) is 0 Å². The van der Waals surface area contributed by atoms with E-state index >= 15 is 0 Å². The lowest BCUT2D eigenvalue weighted by Gasteiger charge is -2.22. The number of hydrogen-bond donors (Lipinski definition) is 0. The fourth-order valence-corrected chi connectivity index (χ4v) is 0.500. The number of quaternary nitrogens is 1. The summed E-state index contributed by atoms with van der Waals surface area (Å²) >= 11 is 0. The Morgan fingerprint density at radius 3 is 1.67 bits per heavy atom. The maximum Gasteiger partial charge on any atom is 0.171 e. The Labute approximate surface area is 58.7 Å². The maximum absolute atomic E-state index is 2.21. The van der Waals surface area contributed by atoms with Crippen molar-refractivity contribution in [1.29, 1.82) is 0 Å². The van der Waals surface area contributed by atoms with Crippen molar-refractivity contribution in [3.63, 3.8) is 0 Å². The average molecular weight is 131 g/mol. The zero-order valence-corrected chi connectivity index (χ0v) is 7.31. The van der Waals surface area contributed by atoms with Crippen molar-refractivity contribution in [1.82, 2.24) is 4.90 Å². The van der Waals surface area contributed by atoms with Crippen LogP contribution in [0.5, 0.6) is 0 Å². The van der Waals surface area contributed by atoms with Crippen LogP contribution < -0.4 is 4.90 Å². The summed E-state index contributed by atoms with van der Waals surface area (Å²) < 4.78 is 1.05. The van der Waals surface area contributed by atoms with Crippen LogP contribution in [0.15, 0.2) is 0 Å². The molecule has 0 amide bonds. The first kappa shape index (κ1) is 8.92. The second kappa shape index (κ2) is 3.18. The molecule has 0 N–H and O–H groups in total. The van der Waals surface area contributed by atoms with Crippen LogP contribution in [0.4, 0.5) is 0 Å². The highest BCUT2D eigenvalue weighted by Crippen LogP contribution is 1.87. The van der Waals surface area contributed by atoms with Gasteiger partial charge in [0.05, 0.1) is 21.1 Å². The van der Waals surface area contributed by atoms with Crippen LogP contribution in [0.2, 0.25) is 0 Å². The van der Waals surface area contributed by atoms with Gasteiger partial charge in [0, 0.05) is 0 Å². The van der Waals surface area contributed by atoms with Crippen LogP contribution in [-0.4, -0.2) is 52.8 Å². The summed E-state index contributed by atoms with van der Waals surface area (Å²) in [4.78, 5) is 2.21. The number of hydrogen-bond acceptors (Lipinski definition) is 1. The van der Waals surface area contributed by atoms with E-state index in [4.69, 9.17) is 0 Å². The summed E-state index contributed by atoms with van der Waals surface area (Å²) in [6.07, 6.45) is 0. The molecule has 0 atom stereocenters. The van der Waals surface area contributed by atoms with Crippen molar-refractivity contribution in [2.75, 3.05) is 48.3 Å². The zero-order valence-electron chi connectivity index (χ0n) is 7.31. The monoisotopic (exact) mass is 131 g/mol. The van der Waals surface area contributed by atoms with Crippen molar-refractivity contribution in [3.8, 4) is 0 Å². The first-order valence-electron chi connectivity index (χ1n) is 3.37. The van der Waals surface area contributed by atoms with Gasteiger partial charge in [-0.3, -0.25) is 0 Å². The third kappa shape index (κ3) is 7.92. The van der Waals surface area contributed by atoms with Gasteiger partial charge in [-0.15, -0.1) is 0 Å². The van der Waals surface area contributed by atoms with E-state index in [1.165, 1.54) is 13.1 Å². The summed E-state index contributed by atoms with van der Waals surface area (Å²) in [5.74, 6) is 0. The number of rotatable bonds is 3. The normalized spacial score (nSPS) is 12.7. The lowest BCUT2D eigenvalue weighted by Crippen LogP contribution is -2.41. The van der Waals surface area contributed by atoms with E-state index in [0.29, 0.717) is 0 Å². The molecule has 0 fully saturated rings. The van der Waals surface area contributed by atoms with Gasteiger partial charge in [0.25, 0.3) is 0 Å². The molecular weight excluding hydrogens is 112 g/mol. The Balaban J connectivity index is 3.28. The summed E-state index contributed by atoms with van der Waals surface area (Å²) in [6.45, 7) is 2.39. The first-order valence-corrected chi connectivity index (χ1v) is 3.37. The van der Waals surface area contributed by atoms with Crippen LogP contribution in [-0.2, 0) is 0 Å². The van der Waals surface area contributed by atoms with Gasteiger partial charge in [-0.05, 0) is 0 Å². The molecule has 9 heavy (non-hydrogen) atoms.